The Morgan fingerprint density at radius 1 is 1.75 bits per heavy atom. The average molecular weight is 304 g/mol. The molecule has 1 amide bonds. The molecule has 0 unspecified atom stereocenters. The number of carbonyl (C=O) groups is 1. The summed E-state index contributed by atoms with van der Waals surface area (Å²) in [4.78, 5) is 12.6. The number of rotatable bonds is 3. The fourth-order valence-corrected chi connectivity index (χ4v) is 3.13. The maximum Gasteiger partial charge on any atom is 0.261 e. The first-order valence-corrected chi connectivity index (χ1v) is 7.00. The van der Waals surface area contributed by atoms with E-state index in [-0.39, 0.29) is 18.1 Å². The summed E-state index contributed by atoms with van der Waals surface area (Å²) in [6.07, 6.45) is 2.30. The smallest absolute Gasteiger partial charge is 0.261 e. The van der Waals surface area contributed by atoms with Gasteiger partial charge < -0.3 is 10.1 Å². The van der Waals surface area contributed by atoms with E-state index in [0.717, 1.165) is 28.8 Å². The van der Waals surface area contributed by atoms with E-state index >= 15 is 0 Å². The molecular weight excluding hydrogens is 290 g/mol. The van der Waals surface area contributed by atoms with E-state index in [0.29, 0.717) is 0 Å². The average Bonchev–Trinajstić information content (AvgIpc) is 2.87. The van der Waals surface area contributed by atoms with E-state index in [2.05, 4.69) is 21.2 Å². The highest BCUT2D eigenvalue weighted by molar-refractivity contribution is 9.10. The number of nitrogens with one attached hydrogen (secondary N) is 1. The Morgan fingerprint density at radius 2 is 2.56 bits per heavy atom. The summed E-state index contributed by atoms with van der Waals surface area (Å²) in [7, 11) is 0. The van der Waals surface area contributed by atoms with Crippen molar-refractivity contribution in [2.45, 2.75) is 31.9 Å². The first kappa shape index (κ1) is 12.1. The molecule has 0 aliphatic carbocycles. The van der Waals surface area contributed by atoms with E-state index in [1.54, 1.807) is 0 Å². The van der Waals surface area contributed by atoms with Crippen molar-refractivity contribution in [2.24, 2.45) is 0 Å². The molecule has 3 nitrogen and oxygen atoms in total. The fourth-order valence-electron chi connectivity index (χ4n) is 1.80. The van der Waals surface area contributed by atoms with Crippen LogP contribution in [-0.2, 0) is 4.74 Å². The lowest BCUT2D eigenvalue weighted by molar-refractivity contribution is 0.0714. The summed E-state index contributed by atoms with van der Waals surface area (Å²) in [5.41, 5.74) is 0. The van der Waals surface area contributed by atoms with Gasteiger partial charge in [-0.05, 0) is 41.8 Å². The van der Waals surface area contributed by atoms with Crippen LogP contribution in [0.2, 0.25) is 0 Å². The summed E-state index contributed by atoms with van der Waals surface area (Å²) < 4.78 is 6.49. The van der Waals surface area contributed by atoms with Gasteiger partial charge in [0.05, 0.1) is 17.0 Å². The monoisotopic (exact) mass is 303 g/mol. The zero-order valence-corrected chi connectivity index (χ0v) is 11.4. The van der Waals surface area contributed by atoms with Crippen LogP contribution in [-0.4, -0.2) is 24.7 Å². The largest absolute Gasteiger partial charge is 0.376 e. The highest BCUT2D eigenvalue weighted by atomic mass is 79.9. The third kappa shape index (κ3) is 2.84. The van der Waals surface area contributed by atoms with Crippen LogP contribution < -0.4 is 5.32 Å². The van der Waals surface area contributed by atoms with Gasteiger partial charge in [-0.3, -0.25) is 4.79 Å². The first-order chi connectivity index (χ1) is 7.66. The number of thiophene rings is 1. The summed E-state index contributed by atoms with van der Waals surface area (Å²) >= 11 is 4.78. The number of hydrogen-bond donors (Lipinski definition) is 1. The van der Waals surface area contributed by atoms with Crippen molar-refractivity contribution in [3.8, 4) is 0 Å². The summed E-state index contributed by atoms with van der Waals surface area (Å²) in [5, 5.41) is 4.89. The van der Waals surface area contributed by atoms with Crippen LogP contribution in [0.3, 0.4) is 0 Å². The van der Waals surface area contributed by atoms with Crippen molar-refractivity contribution in [3.05, 3.63) is 20.8 Å². The molecule has 0 bridgehead atoms. The number of carbonyl (C=O) groups excluding carboxylic acids is 1. The second-order valence-corrected chi connectivity index (χ2v) is 5.77. The minimum absolute atomic E-state index is 0.0151. The molecule has 2 atom stereocenters. The van der Waals surface area contributed by atoms with Crippen molar-refractivity contribution in [1.82, 2.24) is 5.32 Å². The number of hydrogen-bond acceptors (Lipinski definition) is 3. The lowest BCUT2D eigenvalue weighted by Crippen LogP contribution is -2.40. The lowest BCUT2D eigenvalue weighted by Gasteiger charge is -2.19. The van der Waals surface area contributed by atoms with Gasteiger partial charge in [0.2, 0.25) is 0 Å². The lowest BCUT2D eigenvalue weighted by atomic mass is 10.1. The van der Waals surface area contributed by atoms with Gasteiger partial charge in [-0.1, -0.05) is 0 Å². The van der Waals surface area contributed by atoms with Gasteiger partial charge in [0.1, 0.15) is 0 Å². The first-order valence-electron chi connectivity index (χ1n) is 5.33. The Labute approximate surface area is 107 Å². The summed E-state index contributed by atoms with van der Waals surface area (Å²) in [6, 6.07) is 1.92. The molecule has 1 aromatic heterocycles. The maximum absolute atomic E-state index is 11.8. The van der Waals surface area contributed by atoms with Crippen molar-refractivity contribution in [3.63, 3.8) is 0 Å². The molecule has 1 fully saturated rings. The van der Waals surface area contributed by atoms with Gasteiger partial charge in [-0.2, -0.15) is 0 Å². The van der Waals surface area contributed by atoms with Crippen molar-refractivity contribution >= 4 is 33.2 Å². The quantitative estimate of drug-likeness (QED) is 0.932. The molecule has 88 valence electrons. The van der Waals surface area contributed by atoms with Crippen molar-refractivity contribution in [2.75, 3.05) is 6.61 Å². The standard InChI is InChI=1S/C11H14BrNO2S/c1-7(9-3-2-4-15-9)13-11(14)10-5-8(12)6-16-10/h5-7,9H,2-4H2,1H3,(H,13,14)/t7-,9+/m0/s1. The second kappa shape index (κ2) is 5.29. The molecule has 1 aliphatic rings. The Bertz CT molecular complexity index is 374. The van der Waals surface area contributed by atoms with E-state index in [1.165, 1.54) is 11.3 Å². The van der Waals surface area contributed by atoms with Crippen molar-refractivity contribution < 1.29 is 9.53 Å². The number of amides is 1. The van der Waals surface area contributed by atoms with Crippen LogP contribution in [0, 0.1) is 0 Å². The predicted octanol–water partition coefficient (Wildman–Crippen LogP) is 2.81. The van der Waals surface area contributed by atoms with Gasteiger partial charge in [0, 0.05) is 16.5 Å². The maximum atomic E-state index is 11.8. The minimum atomic E-state index is -0.0151. The van der Waals surface area contributed by atoms with Gasteiger partial charge >= 0.3 is 0 Å². The topological polar surface area (TPSA) is 38.3 Å². The molecule has 0 saturated carbocycles. The molecule has 5 heteroatoms. The SMILES string of the molecule is C[C@H](NC(=O)c1cc(Br)cs1)[C@H]1CCCO1. The van der Waals surface area contributed by atoms with E-state index in [1.807, 2.05) is 18.4 Å². The van der Waals surface area contributed by atoms with E-state index < -0.39 is 0 Å². The molecule has 1 N–H and O–H groups in total. The van der Waals surface area contributed by atoms with Crippen LogP contribution in [0.1, 0.15) is 29.4 Å². The molecule has 2 rings (SSSR count). The van der Waals surface area contributed by atoms with Gasteiger partial charge in [-0.15, -0.1) is 11.3 Å². The number of halogens is 1. The Hall–Kier alpha value is -0.390. The third-order valence-corrected chi connectivity index (χ3v) is 4.36. The molecule has 16 heavy (non-hydrogen) atoms. The van der Waals surface area contributed by atoms with Crippen LogP contribution >= 0.6 is 27.3 Å². The van der Waals surface area contributed by atoms with Crippen LogP contribution in [0.5, 0.6) is 0 Å². The molecule has 1 aromatic rings. The summed E-state index contributed by atoms with van der Waals surface area (Å²) in [5.74, 6) is -0.0151. The Morgan fingerprint density at radius 3 is 3.12 bits per heavy atom. The Kier molecular flexibility index (Phi) is 4.00. The molecule has 2 heterocycles. The minimum Gasteiger partial charge on any atom is -0.376 e. The third-order valence-electron chi connectivity index (χ3n) is 2.67. The normalized spacial score (nSPS) is 22.0. The van der Waals surface area contributed by atoms with Crippen LogP contribution in [0.15, 0.2) is 15.9 Å². The van der Waals surface area contributed by atoms with Gasteiger partial charge in [0.15, 0.2) is 0 Å². The molecular formula is C11H14BrNO2S. The zero-order valence-electron chi connectivity index (χ0n) is 9.03. The molecule has 0 spiro atoms. The highest BCUT2D eigenvalue weighted by Crippen LogP contribution is 2.20. The van der Waals surface area contributed by atoms with Crippen LogP contribution in [0.4, 0.5) is 0 Å². The van der Waals surface area contributed by atoms with E-state index in [9.17, 15) is 4.79 Å². The molecule has 1 aliphatic heterocycles. The molecule has 0 aromatic carbocycles. The van der Waals surface area contributed by atoms with Gasteiger partial charge in [0.25, 0.3) is 5.91 Å². The second-order valence-electron chi connectivity index (χ2n) is 3.94. The molecule has 0 radical (unpaired) electrons. The van der Waals surface area contributed by atoms with Crippen molar-refractivity contribution in [1.29, 1.82) is 0 Å². The predicted molar refractivity (Wildman–Crippen MR) is 67.9 cm³/mol. The molecule has 1 saturated heterocycles. The highest BCUT2D eigenvalue weighted by Gasteiger charge is 2.24. The Balaban J connectivity index is 1.91. The van der Waals surface area contributed by atoms with Crippen LogP contribution in [0.25, 0.3) is 0 Å². The van der Waals surface area contributed by atoms with Gasteiger partial charge in [-0.25, -0.2) is 0 Å². The van der Waals surface area contributed by atoms with E-state index in [4.69, 9.17) is 4.74 Å². The summed E-state index contributed by atoms with van der Waals surface area (Å²) in [6.45, 7) is 2.81. The fraction of sp³-hybridized carbons (Fsp3) is 0.545. The number of ether oxygens (including phenoxy) is 1. The zero-order chi connectivity index (χ0) is 11.5.